The van der Waals surface area contributed by atoms with Crippen LogP contribution >= 0.6 is 11.8 Å². The van der Waals surface area contributed by atoms with Crippen LogP contribution in [0, 0.1) is 0 Å². The minimum absolute atomic E-state index is 0.00277. The Morgan fingerprint density at radius 2 is 1.74 bits per heavy atom. The molecule has 0 unspecified atom stereocenters. The molecule has 0 atom stereocenters. The number of carbonyl (C=O) groups is 2. The standard InChI is InChI=1S/C20H18N2O4S/c1-27-16-9-7-14(8-10-16)17(23)11-12-19(24)25-13-18-21-22-20(26-18)15-5-3-2-4-6-15/h2-10H,11-13H2,1H3. The van der Waals surface area contributed by atoms with Crippen molar-refractivity contribution in [1.29, 1.82) is 0 Å². The first kappa shape index (κ1) is 18.8. The fourth-order valence-electron chi connectivity index (χ4n) is 2.36. The molecule has 0 aliphatic heterocycles. The highest BCUT2D eigenvalue weighted by molar-refractivity contribution is 7.98. The van der Waals surface area contributed by atoms with Crippen LogP contribution in [0.25, 0.3) is 11.5 Å². The summed E-state index contributed by atoms with van der Waals surface area (Å²) >= 11 is 1.61. The molecule has 0 radical (unpaired) electrons. The smallest absolute Gasteiger partial charge is 0.306 e. The van der Waals surface area contributed by atoms with Crippen molar-refractivity contribution >= 4 is 23.5 Å². The summed E-state index contributed by atoms with van der Waals surface area (Å²) in [6, 6.07) is 16.6. The van der Waals surface area contributed by atoms with Gasteiger partial charge in [-0.3, -0.25) is 9.59 Å². The molecule has 0 amide bonds. The van der Waals surface area contributed by atoms with Crippen LogP contribution in [0.1, 0.15) is 29.1 Å². The van der Waals surface area contributed by atoms with Gasteiger partial charge in [0.2, 0.25) is 5.89 Å². The molecular weight excluding hydrogens is 364 g/mol. The van der Waals surface area contributed by atoms with Gasteiger partial charge in [-0.2, -0.15) is 0 Å². The van der Waals surface area contributed by atoms with Gasteiger partial charge in [-0.1, -0.05) is 30.3 Å². The molecule has 3 rings (SSSR count). The predicted molar refractivity (Wildman–Crippen MR) is 101 cm³/mol. The fourth-order valence-corrected chi connectivity index (χ4v) is 2.77. The number of benzene rings is 2. The number of aromatic nitrogens is 2. The average molecular weight is 382 g/mol. The van der Waals surface area contributed by atoms with E-state index in [0.717, 1.165) is 10.5 Å². The van der Waals surface area contributed by atoms with Crippen LogP contribution in [0.3, 0.4) is 0 Å². The third kappa shape index (κ3) is 5.27. The second-order valence-corrected chi connectivity index (χ2v) is 6.56. The Labute approximate surface area is 160 Å². The Bertz CT molecular complexity index is 907. The molecule has 0 N–H and O–H groups in total. The van der Waals surface area contributed by atoms with Crippen molar-refractivity contribution in [1.82, 2.24) is 10.2 Å². The van der Waals surface area contributed by atoms with E-state index in [1.807, 2.05) is 48.7 Å². The maximum Gasteiger partial charge on any atom is 0.306 e. The maximum atomic E-state index is 12.1. The number of ether oxygens (including phenoxy) is 1. The van der Waals surface area contributed by atoms with E-state index in [1.54, 1.807) is 23.9 Å². The van der Waals surface area contributed by atoms with Gasteiger partial charge in [0.15, 0.2) is 12.4 Å². The number of rotatable bonds is 8. The number of nitrogens with zero attached hydrogens (tertiary/aromatic N) is 2. The molecule has 1 heterocycles. The lowest BCUT2D eigenvalue weighted by molar-refractivity contribution is -0.145. The first-order valence-corrected chi connectivity index (χ1v) is 9.59. The Balaban J connectivity index is 1.45. The summed E-state index contributed by atoms with van der Waals surface area (Å²) in [6.45, 7) is -0.116. The molecule has 27 heavy (non-hydrogen) atoms. The topological polar surface area (TPSA) is 82.3 Å². The Morgan fingerprint density at radius 3 is 2.44 bits per heavy atom. The van der Waals surface area contributed by atoms with E-state index in [2.05, 4.69) is 10.2 Å². The van der Waals surface area contributed by atoms with Gasteiger partial charge < -0.3 is 9.15 Å². The Morgan fingerprint density at radius 1 is 1.00 bits per heavy atom. The van der Waals surface area contributed by atoms with Gasteiger partial charge in [0, 0.05) is 22.4 Å². The molecule has 0 bridgehead atoms. The van der Waals surface area contributed by atoms with E-state index in [9.17, 15) is 9.59 Å². The monoisotopic (exact) mass is 382 g/mol. The molecule has 2 aromatic carbocycles. The summed E-state index contributed by atoms with van der Waals surface area (Å²) in [4.78, 5) is 25.1. The summed E-state index contributed by atoms with van der Waals surface area (Å²) in [7, 11) is 0. The first-order valence-electron chi connectivity index (χ1n) is 8.36. The number of ketones is 1. The van der Waals surface area contributed by atoms with Crippen LogP contribution in [0.5, 0.6) is 0 Å². The summed E-state index contributed by atoms with van der Waals surface area (Å²) in [6.07, 6.45) is 2.07. The zero-order valence-corrected chi connectivity index (χ0v) is 15.6. The van der Waals surface area contributed by atoms with E-state index in [-0.39, 0.29) is 31.1 Å². The summed E-state index contributed by atoms with van der Waals surface area (Å²) in [5.41, 5.74) is 1.38. The number of Topliss-reactive ketones (excluding diaryl/α,β-unsaturated/α-hetero) is 1. The maximum absolute atomic E-state index is 12.1. The molecule has 3 aromatic rings. The molecule has 138 valence electrons. The molecule has 0 aliphatic carbocycles. The highest BCUT2D eigenvalue weighted by Crippen LogP contribution is 2.18. The van der Waals surface area contributed by atoms with E-state index >= 15 is 0 Å². The number of carbonyl (C=O) groups excluding carboxylic acids is 2. The normalized spacial score (nSPS) is 10.6. The van der Waals surface area contributed by atoms with E-state index in [0.29, 0.717) is 11.5 Å². The van der Waals surface area contributed by atoms with Gasteiger partial charge in [-0.15, -0.1) is 22.0 Å². The van der Waals surface area contributed by atoms with Gasteiger partial charge >= 0.3 is 5.97 Å². The van der Waals surface area contributed by atoms with Crippen LogP contribution in [-0.4, -0.2) is 28.2 Å². The van der Waals surface area contributed by atoms with Gasteiger partial charge in [0.25, 0.3) is 5.89 Å². The quantitative estimate of drug-likeness (QED) is 0.328. The minimum atomic E-state index is -0.483. The Hall–Kier alpha value is -2.93. The van der Waals surface area contributed by atoms with Crippen LogP contribution in [0.2, 0.25) is 0 Å². The highest BCUT2D eigenvalue weighted by atomic mass is 32.2. The third-order valence-corrected chi connectivity index (χ3v) is 4.56. The van der Waals surface area contributed by atoms with Crippen molar-refractivity contribution in [2.24, 2.45) is 0 Å². The molecule has 1 aromatic heterocycles. The molecule has 0 spiro atoms. The SMILES string of the molecule is CSc1ccc(C(=O)CCC(=O)OCc2nnc(-c3ccccc3)o2)cc1. The number of thioether (sulfide) groups is 1. The lowest BCUT2D eigenvalue weighted by Crippen LogP contribution is -2.08. The summed E-state index contributed by atoms with van der Waals surface area (Å²) in [5, 5.41) is 7.79. The molecular formula is C20H18N2O4S. The second kappa shape index (κ2) is 9.14. The fraction of sp³-hybridized carbons (Fsp3) is 0.200. The highest BCUT2D eigenvalue weighted by Gasteiger charge is 2.13. The number of esters is 1. The van der Waals surface area contributed by atoms with E-state index in [1.165, 1.54) is 0 Å². The van der Waals surface area contributed by atoms with Crippen molar-refractivity contribution in [2.75, 3.05) is 6.26 Å². The van der Waals surface area contributed by atoms with Crippen LogP contribution < -0.4 is 0 Å². The lowest BCUT2D eigenvalue weighted by atomic mass is 10.1. The number of hydrogen-bond acceptors (Lipinski definition) is 7. The Kier molecular flexibility index (Phi) is 6.38. The zero-order chi connectivity index (χ0) is 19.1. The first-order chi connectivity index (χ1) is 13.2. The van der Waals surface area contributed by atoms with Crippen molar-refractivity contribution in [2.45, 2.75) is 24.3 Å². The van der Waals surface area contributed by atoms with Gasteiger partial charge in [-0.05, 0) is 30.5 Å². The van der Waals surface area contributed by atoms with Gasteiger partial charge in [0.1, 0.15) is 0 Å². The summed E-state index contributed by atoms with van der Waals surface area (Å²) in [5.74, 6) is -0.000924. The molecule has 0 saturated heterocycles. The molecule has 0 fully saturated rings. The van der Waals surface area contributed by atoms with Crippen molar-refractivity contribution in [3.05, 3.63) is 66.1 Å². The minimum Gasteiger partial charge on any atom is -0.456 e. The average Bonchev–Trinajstić information content (AvgIpc) is 3.20. The van der Waals surface area contributed by atoms with E-state index in [4.69, 9.17) is 9.15 Å². The number of hydrogen-bond donors (Lipinski definition) is 0. The largest absolute Gasteiger partial charge is 0.456 e. The molecule has 7 heteroatoms. The van der Waals surface area contributed by atoms with Crippen molar-refractivity contribution in [3.63, 3.8) is 0 Å². The summed E-state index contributed by atoms with van der Waals surface area (Å²) < 4.78 is 10.6. The second-order valence-electron chi connectivity index (χ2n) is 5.68. The molecule has 0 aliphatic rings. The van der Waals surface area contributed by atoms with E-state index < -0.39 is 5.97 Å². The molecule has 0 saturated carbocycles. The van der Waals surface area contributed by atoms with Crippen LogP contribution in [0.15, 0.2) is 63.9 Å². The zero-order valence-electron chi connectivity index (χ0n) is 14.8. The third-order valence-electron chi connectivity index (χ3n) is 3.81. The van der Waals surface area contributed by atoms with Gasteiger partial charge in [-0.25, -0.2) is 0 Å². The van der Waals surface area contributed by atoms with Crippen LogP contribution in [0.4, 0.5) is 0 Å². The predicted octanol–water partition coefficient (Wildman–Crippen LogP) is 4.16. The molecule has 6 nitrogen and oxygen atoms in total. The lowest BCUT2D eigenvalue weighted by Gasteiger charge is -2.03. The van der Waals surface area contributed by atoms with Crippen molar-refractivity contribution in [3.8, 4) is 11.5 Å². The van der Waals surface area contributed by atoms with Crippen LogP contribution in [-0.2, 0) is 16.1 Å². The van der Waals surface area contributed by atoms with Crippen molar-refractivity contribution < 1.29 is 18.7 Å². The van der Waals surface area contributed by atoms with Gasteiger partial charge in [0.05, 0.1) is 6.42 Å².